The van der Waals surface area contributed by atoms with Crippen LogP contribution >= 0.6 is 15.9 Å². The summed E-state index contributed by atoms with van der Waals surface area (Å²) in [6, 6.07) is 0.0576. The Balaban J connectivity index is 3.04. The van der Waals surface area contributed by atoms with Crippen LogP contribution in [0.1, 0.15) is 26.3 Å². The molecule has 0 aliphatic heterocycles. The fraction of sp³-hybridized carbons (Fsp3) is 0.636. The minimum Gasteiger partial charge on any atom is -0.372 e. The number of nitrogens with two attached hydrogens (primary N) is 1. The van der Waals surface area contributed by atoms with Gasteiger partial charge in [-0.05, 0) is 42.7 Å². The van der Waals surface area contributed by atoms with Gasteiger partial charge in [0.1, 0.15) is 4.47 Å². The Morgan fingerprint density at radius 2 is 2.24 bits per heavy atom. The van der Waals surface area contributed by atoms with Gasteiger partial charge in [-0.15, -0.1) is 0 Å². The molecule has 96 valence electrons. The summed E-state index contributed by atoms with van der Waals surface area (Å²) in [5.74, 6) is 0. The largest absolute Gasteiger partial charge is 0.372 e. The van der Waals surface area contributed by atoms with Crippen LogP contribution in [0.5, 0.6) is 0 Å². The van der Waals surface area contributed by atoms with Crippen LogP contribution in [0.4, 0.5) is 5.69 Å². The maximum absolute atomic E-state index is 12.0. The molecule has 1 aromatic heterocycles. The van der Waals surface area contributed by atoms with E-state index in [1.165, 1.54) is 4.68 Å². The summed E-state index contributed by atoms with van der Waals surface area (Å²) in [5.41, 5.74) is 6.17. The molecule has 6 heteroatoms. The molecule has 0 aliphatic carbocycles. The van der Waals surface area contributed by atoms with E-state index in [1.807, 2.05) is 25.8 Å². The third-order valence-corrected chi connectivity index (χ3v) is 3.27. The summed E-state index contributed by atoms with van der Waals surface area (Å²) in [7, 11) is 1.93. The molecule has 2 N–H and O–H groups in total. The van der Waals surface area contributed by atoms with E-state index < -0.39 is 0 Å². The summed E-state index contributed by atoms with van der Waals surface area (Å²) in [5, 5.41) is 4.17. The van der Waals surface area contributed by atoms with Crippen molar-refractivity contribution in [1.82, 2.24) is 9.78 Å². The quantitative estimate of drug-likeness (QED) is 0.892. The maximum Gasteiger partial charge on any atom is 0.283 e. The normalized spacial score (nSPS) is 10.9. The van der Waals surface area contributed by atoms with Crippen molar-refractivity contribution >= 4 is 21.6 Å². The lowest BCUT2D eigenvalue weighted by molar-refractivity contribution is 0.500. The van der Waals surface area contributed by atoms with Gasteiger partial charge in [0.2, 0.25) is 0 Å². The maximum atomic E-state index is 12.0. The van der Waals surface area contributed by atoms with Gasteiger partial charge in [0.05, 0.1) is 17.9 Å². The molecule has 0 fully saturated rings. The lowest BCUT2D eigenvalue weighted by Gasteiger charge is -2.20. The van der Waals surface area contributed by atoms with Gasteiger partial charge in [-0.25, -0.2) is 4.68 Å². The van der Waals surface area contributed by atoms with Crippen LogP contribution in [0.25, 0.3) is 0 Å². The summed E-state index contributed by atoms with van der Waals surface area (Å²) in [6.07, 6.45) is 2.60. The van der Waals surface area contributed by atoms with E-state index in [9.17, 15) is 4.79 Å². The van der Waals surface area contributed by atoms with E-state index >= 15 is 0 Å². The monoisotopic (exact) mass is 302 g/mol. The second kappa shape index (κ2) is 6.16. The minimum absolute atomic E-state index is 0.0576. The molecule has 0 amide bonds. The Kier molecular flexibility index (Phi) is 5.14. The highest BCUT2D eigenvalue weighted by Gasteiger charge is 2.13. The van der Waals surface area contributed by atoms with Crippen molar-refractivity contribution in [2.45, 2.75) is 26.3 Å². The smallest absolute Gasteiger partial charge is 0.283 e. The van der Waals surface area contributed by atoms with E-state index in [2.05, 4.69) is 21.0 Å². The average Bonchev–Trinajstić information content (AvgIpc) is 2.29. The van der Waals surface area contributed by atoms with Gasteiger partial charge in [-0.1, -0.05) is 0 Å². The van der Waals surface area contributed by atoms with E-state index in [-0.39, 0.29) is 11.6 Å². The number of anilines is 1. The zero-order valence-corrected chi connectivity index (χ0v) is 12.1. The number of halogens is 1. The summed E-state index contributed by atoms with van der Waals surface area (Å²) < 4.78 is 2.02. The molecule has 0 aromatic carbocycles. The lowest BCUT2D eigenvalue weighted by atomic mass is 10.3. The molecule has 0 saturated carbocycles. The summed E-state index contributed by atoms with van der Waals surface area (Å²) in [6.45, 7) is 5.30. The average molecular weight is 303 g/mol. The predicted octanol–water partition coefficient (Wildman–Crippen LogP) is 1.37. The Labute approximate surface area is 110 Å². The molecule has 1 heterocycles. The van der Waals surface area contributed by atoms with Gasteiger partial charge in [-0.3, -0.25) is 4.79 Å². The SMILES string of the molecule is CC(C)n1ncc(N(C)CCCN)c(Br)c1=O. The van der Waals surface area contributed by atoms with Crippen molar-refractivity contribution < 1.29 is 0 Å². The molecule has 0 saturated heterocycles. The van der Waals surface area contributed by atoms with E-state index in [4.69, 9.17) is 5.73 Å². The van der Waals surface area contributed by atoms with Crippen LogP contribution in [-0.2, 0) is 0 Å². The van der Waals surface area contributed by atoms with Crippen molar-refractivity contribution in [2.24, 2.45) is 5.73 Å². The highest BCUT2D eigenvalue weighted by molar-refractivity contribution is 9.10. The van der Waals surface area contributed by atoms with Crippen LogP contribution in [0, 0.1) is 0 Å². The second-order valence-electron chi connectivity index (χ2n) is 4.25. The molecule has 0 unspecified atom stereocenters. The molecular formula is C11H19BrN4O. The first-order chi connectivity index (χ1) is 7.99. The van der Waals surface area contributed by atoms with Crippen LogP contribution in [0.3, 0.4) is 0 Å². The first-order valence-corrected chi connectivity index (χ1v) is 6.46. The summed E-state index contributed by atoms with van der Waals surface area (Å²) in [4.78, 5) is 14.0. The van der Waals surface area contributed by atoms with Crippen molar-refractivity contribution in [2.75, 3.05) is 25.0 Å². The standard InChI is InChI=1S/C11H19BrN4O/c1-8(2)16-11(17)10(12)9(7-14-16)15(3)6-4-5-13/h7-8H,4-6,13H2,1-3H3. The highest BCUT2D eigenvalue weighted by Crippen LogP contribution is 2.20. The first-order valence-electron chi connectivity index (χ1n) is 5.67. The molecule has 1 rings (SSSR count). The molecule has 1 aromatic rings. The lowest BCUT2D eigenvalue weighted by Crippen LogP contribution is -2.29. The molecule has 0 atom stereocenters. The molecule has 0 radical (unpaired) electrons. The number of rotatable bonds is 5. The summed E-state index contributed by atoms with van der Waals surface area (Å²) >= 11 is 3.35. The van der Waals surface area contributed by atoms with Crippen molar-refractivity contribution in [1.29, 1.82) is 0 Å². The Morgan fingerprint density at radius 3 is 2.76 bits per heavy atom. The minimum atomic E-state index is -0.0999. The Bertz CT molecular complexity index is 430. The third kappa shape index (κ3) is 3.29. The van der Waals surface area contributed by atoms with Gasteiger partial charge < -0.3 is 10.6 Å². The number of nitrogens with zero attached hydrogens (tertiary/aromatic N) is 3. The van der Waals surface area contributed by atoms with E-state index in [1.54, 1.807) is 6.20 Å². The van der Waals surface area contributed by atoms with Crippen LogP contribution in [0.2, 0.25) is 0 Å². The van der Waals surface area contributed by atoms with Crippen molar-refractivity contribution in [3.63, 3.8) is 0 Å². The zero-order valence-electron chi connectivity index (χ0n) is 10.5. The van der Waals surface area contributed by atoms with Crippen LogP contribution < -0.4 is 16.2 Å². The first kappa shape index (κ1) is 14.2. The van der Waals surface area contributed by atoms with Crippen molar-refractivity contribution in [3.8, 4) is 0 Å². The molecular weight excluding hydrogens is 284 g/mol. The number of hydrogen-bond acceptors (Lipinski definition) is 4. The topological polar surface area (TPSA) is 64.2 Å². The molecule has 0 spiro atoms. The highest BCUT2D eigenvalue weighted by atomic mass is 79.9. The molecule has 17 heavy (non-hydrogen) atoms. The second-order valence-corrected chi connectivity index (χ2v) is 5.04. The molecule has 5 nitrogen and oxygen atoms in total. The van der Waals surface area contributed by atoms with Gasteiger partial charge in [0.15, 0.2) is 0 Å². The van der Waals surface area contributed by atoms with Gasteiger partial charge in [0, 0.05) is 13.6 Å². The number of aromatic nitrogens is 2. The predicted molar refractivity (Wildman–Crippen MR) is 73.5 cm³/mol. The van der Waals surface area contributed by atoms with E-state index in [0.29, 0.717) is 11.0 Å². The van der Waals surface area contributed by atoms with Crippen LogP contribution in [0.15, 0.2) is 15.5 Å². The Morgan fingerprint density at radius 1 is 1.59 bits per heavy atom. The van der Waals surface area contributed by atoms with Gasteiger partial charge in [0.25, 0.3) is 5.56 Å². The molecule has 0 aliphatic rings. The number of hydrogen-bond donors (Lipinski definition) is 1. The van der Waals surface area contributed by atoms with E-state index in [0.717, 1.165) is 18.7 Å². The fourth-order valence-corrected chi connectivity index (χ4v) is 2.11. The van der Waals surface area contributed by atoms with Gasteiger partial charge in [-0.2, -0.15) is 5.10 Å². The fourth-order valence-electron chi connectivity index (χ4n) is 1.52. The Hall–Kier alpha value is -0.880. The zero-order chi connectivity index (χ0) is 13.0. The third-order valence-electron chi connectivity index (χ3n) is 2.52. The van der Waals surface area contributed by atoms with Gasteiger partial charge >= 0.3 is 0 Å². The van der Waals surface area contributed by atoms with Crippen molar-refractivity contribution in [3.05, 3.63) is 21.0 Å². The molecule has 0 bridgehead atoms. The van der Waals surface area contributed by atoms with Crippen LogP contribution in [-0.4, -0.2) is 29.9 Å².